The van der Waals surface area contributed by atoms with E-state index < -0.39 is 0 Å². The summed E-state index contributed by atoms with van der Waals surface area (Å²) in [6.45, 7) is 1.78. The topological polar surface area (TPSA) is 38.3 Å². The van der Waals surface area contributed by atoms with Crippen LogP contribution in [0, 0.1) is 5.92 Å². The number of carbonyl (C=O) groups is 1. The van der Waals surface area contributed by atoms with E-state index in [2.05, 4.69) is 5.32 Å². The van der Waals surface area contributed by atoms with Gasteiger partial charge in [0.1, 0.15) is 0 Å². The van der Waals surface area contributed by atoms with Crippen molar-refractivity contribution in [2.24, 2.45) is 5.92 Å². The highest BCUT2D eigenvalue weighted by molar-refractivity contribution is 5.75. The Balaban J connectivity index is 1.53. The van der Waals surface area contributed by atoms with Crippen LogP contribution in [-0.4, -0.2) is 25.2 Å². The largest absolute Gasteiger partial charge is 0.378 e. The molecule has 0 bridgehead atoms. The molecule has 1 atom stereocenters. The molecule has 2 rings (SSSR count). The maximum atomic E-state index is 11.7. The van der Waals surface area contributed by atoms with Crippen LogP contribution in [0.2, 0.25) is 0 Å². The number of nitrogens with one attached hydrogen (secondary N) is 1. The van der Waals surface area contributed by atoms with Gasteiger partial charge in [-0.1, -0.05) is 19.3 Å². The number of amides is 1. The quantitative estimate of drug-likeness (QED) is 0.801. The van der Waals surface area contributed by atoms with Gasteiger partial charge < -0.3 is 10.1 Å². The van der Waals surface area contributed by atoms with E-state index in [1.54, 1.807) is 0 Å². The number of rotatable bonds is 5. The van der Waals surface area contributed by atoms with Crippen molar-refractivity contribution in [1.82, 2.24) is 5.32 Å². The highest BCUT2D eigenvalue weighted by atomic mass is 16.5. The van der Waals surface area contributed by atoms with E-state index in [0.717, 1.165) is 38.3 Å². The Kier molecular flexibility index (Phi) is 5.30. The summed E-state index contributed by atoms with van der Waals surface area (Å²) < 4.78 is 5.52. The van der Waals surface area contributed by atoms with E-state index in [1.165, 1.54) is 32.1 Å². The maximum Gasteiger partial charge on any atom is 0.220 e. The van der Waals surface area contributed by atoms with Crippen molar-refractivity contribution in [1.29, 1.82) is 0 Å². The zero-order valence-electron chi connectivity index (χ0n) is 10.7. The van der Waals surface area contributed by atoms with Gasteiger partial charge in [0.05, 0.1) is 6.10 Å². The lowest BCUT2D eigenvalue weighted by Crippen LogP contribution is -2.30. The zero-order valence-corrected chi connectivity index (χ0v) is 10.7. The molecule has 3 nitrogen and oxygen atoms in total. The van der Waals surface area contributed by atoms with Crippen LogP contribution in [-0.2, 0) is 9.53 Å². The third kappa shape index (κ3) is 4.66. The first-order valence-corrected chi connectivity index (χ1v) is 7.23. The van der Waals surface area contributed by atoms with Gasteiger partial charge in [0.25, 0.3) is 0 Å². The van der Waals surface area contributed by atoms with Crippen LogP contribution in [0.15, 0.2) is 0 Å². The lowest BCUT2D eigenvalue weighted by atomic mass is 9.89. The van der Waals surface area contributed by atoms with Crippen molar-refractivity contribution in [2.45, 2.75) is 63.9 Å². The highest BCUT2D eigenvalue weighted by Gasteiger charge is 2.17. The van der Waals surface area contributed by atoms with Gasteiger partial charge in [-0.05, 0) is 38.0 Å². The smallest absolute Gasteiger partial charge is 0.220 e. The summed E-state index contributed by atoms with van der Waals surface area (Å²) in [6, 6.07) is 0. The monoisotopic (exact) mass is 239 g/mol. The Morgan fingerprint density at radius 1 is 1.12 bits per heavy atom. The number of carbonyl (C=O) groups excluding carboxylic acids is 1. The van der Waals surface area contributed by atoms with E-state index >= 15 is 0 Å². The summed E-state index contributed by atoms with van der Waals surface area (Å²) in [7, 11) is 0. The first-order valence-electron chi connectivity index (χ1n) is 7.23. The van der Waals surface area contributed by atoms with Gasteiger partial charge in [-0.2, -0.15) is 0 Å². The van der Waals surface area contributed by atoms with Crippen molar-refractivity contribution in [3.8, 4) is 0 Å². The Morgan fingerprint density at radius 2 is 1.94 bits per heavy atom. The van der Waals surface area contributed by atoms with E-state index in [-0.39, 0.29) is 5.91 Å². The zero-order chi connectivity index (χ0) is 11.9. The maximum absolute atomic E-state index is 11.7. The van der Waals surface area contributed by atoms with Crippen molar-refractivity contribution >= 4 is 5.91 Å². The number of ether oxygens (including phenoxy) is 1. The second-order valence-corrected chi connectivity index (χ2v) is 5.48. The van der Waals surface area contributed by atoms with Crippen molar-refractivity contribution < 1.29 is 9.53 Å². The first-order chi connectivity index (χ1) is 8.34. The van der Waals surface area contributed by atoms with Gasteiger partial charge >= 0.3 is 0 Å². The summed E-state index contributed by atoms with van der Waals surface area (Å²) in [5.74, 6) is 0.946. The molecule has 1 saturated carbocycles. The van der Waals surface area contributed by atoms with E-state index in [1.807, 2.05) is 0 Å². The summed E-state index contributed by atoms with van der Waals surface area (Å²) in [6.07, 6.45) is 10.8. The van der Waals surface area contributed by atoms with Gasteiger partial charge in [-0.3, -0.25) is 4.79 Å². The highest BCUT2D eigenvalue weighted by Crippen LogP contribution is 2.22. The fraction of sp³-hybridized carbons (Fsp3) is 0.929. The van der Waals surface area contributed by atoms with Crippen LogP contribution in [0.25, 0.3) is 0 Å². The minimum Gasteiger partial charge on any atom is -0.378 e. The molecule has 2 fully saturated rings. The summed E-state index contributed by atoms with van der Waals surface area (Å²) >= 11 is 0. The fourth-order valence-electron chi connectivity index (χ4n) is 2.90. The van der Waals surface area contributed by atoms with Crippen LogP contribution in [0.3, 0.4) is 0 Å². The molecule has 3 heteroatoms. The van der Waals surface area contributed by atoms with Crippen LogP contribution >= 0.6 is 0 Å². The third-order valence-corrected chi connectivity index (χ3v) is 4.03. The molecule has 1 aliphatic heterocycles. The molecular weight excluding hydrogens is 214 g/mol. The van der Waals surface area contributed by atoms with E-state index in [4.69, 9.17) is 4.74 Å². The van der Waals surface area contributed by atoms with Gasteiger partial charge in [0.15, 0.2) is 0 Å². The average molecular weight is 239 g/mol. The Hall–Kier alpha value is -0.570. The molecule has 0 radical (unpaired) electrons. The Bertz CT molecular complexity index is 230. The molecular formula is C14H25NO2. The van der Waals surface area contributed by atoms with Crippen molar-refractivity contribution in [3.63, 3.8) is 0 Å². The predicted molar refractivity (Wildman–Crippen MR) is 67.8 cm³/mol. The Morgan fingerprint density at radius 3 is 2.65 bits per heavy atom. The molecule has 0 unspecified atom stereocenters. The molecule has 1 N–H and O–H groups in total. The van der Waals surface area contributed by atoms with Gasteiger partial charge in [-0.15, -0.1) is 0 Å². The molecule has 0 aromatic carbocycles. The van der Waals surface area contributed by atoms with Crippen LogP contribution in [0.4, 0.5) is 0 Å². The second kappa shape index (κ2) is 7.00. The predicted octanol–water partition coefficient (Wildman–Crippen LogP) is 2.64. The SMILES string of the molecule is O=C(CC[C@@H]1CCCO1)NCC1CCCCC1. The van der Waals surface area contributed by atoms with Gasteiger partial charge in [-0.25, -0.2) is 0 Å². The second-order valence-electron chi connectivity index (χ2n) is 5.48. The van der Waals surface area contributed by atoms with E-state index in [9.17, 15) is 4.79 Å². The van der Waals surface area contributed by atoms with Crippen molar-refractivity contribution in [2.75, 3.05) is 13.2 Å². The molecule has 17 heavy (non-hydrogen) atoms. The van der Waals surface area contributed by atoms with Crippen molar-refractivity contribution in [3.05, 3.63) is 0 Å². The molecule has 1 heterocycles. The molecule has 2 aliphatic rings. The number of hydrogen-bond donors (Lipinski definition) is 1. The summed E-state index contributed by atoms with van der Waals surface area (Å²) in [5, 5.41) is 3.08. The molecule has 0 aromatic heterocycles. The third-order valence-electron chi connectivity index (χ3n) is 4.03. The Labute approximate surface area is 104 Å². The normalized spacial score (nSPS) is 26.0. The lowest BCUT2D eigenvalue weighted by molar-refractivity contribution is -0.121. The average Bonchev–Trinajstić information content (AvgIpc) is 2.88. The molecule has 1 aliphatic carbocycles. The van der Waals surface area contributed by atoms with Gasteiger partial charge in [0.2, 0.25) is 5.91 Å². The summed E-state index contributed by atoms with van der Waals surface area (Å²) in [4.78, 5) is 11.7. The molecule has 0 aromatic rings. The van der Waals surface area contributed by atoms with Gasteiger partial charge in [0, 0.05) is 19.6 Å². The fourth-order valence-corrected chi connectivity index (χ4v) is 2.90. The van der Waals surface area contributed by atoms with Crippen LogP contribution < -0.4 is 5.32 Å². The van der Waals surface area contributed by atoms with Crippen LogP contribution in [0.5, 0.6) is 0 Å². The summed E-state index contributed by atoms with van der Waals surface area (Å²) in [5.41, 5.74) is 0. The standard InChI is InChI=1S/C14H25NO2/c16-14(9-8-13-7-4-10-17-13)15-11-12-5-2-1-3-6-12/h12-13H,1-11H2,(H,15,16)/t13-/m0/s1. The minimum atomic E-state index is 0.214. The number of hydrogen-bond acceptors (Lipinski definition) is 2. The van der Waals surface area contributed by atoms with Crippen LogP contribution in [0.1, 0.15) is 57.8 Å². The first kappa shape index (κ1) is 12.9. The molecule has 98 valence electrons. The minimum absolute atomic E-state index is 0.214. The molecule has 0 spiro atoms. The molecule has 1 saturated heterocycles. The molecule has 1 amide bonds. The lowest BCUT2D eigenvalue weighted by Gasteiger charge is -2.21. The van der Waals surface area contributed by atoms with E-state index in [0.29, 0.717) is 12.5 Å².